The largest absolute Gasteiger partial charge is 0.330 e. The summed E-state index contributed by atoms with van der Waals surface area (Å²) in [7, 11) is 0. The third-order valence-corrected chi connectivity index (χ3v) is 7.09. The Morgan fingerprint density at radius 2 is 1.62 bits per heavy atom. The van der Waals surface area contributed by atoms with Gasteiger partial charge in [0.2, 0.25) is 0 Å². The molecular formula is C33H37FN4O2. The standard InChI is InChI=1S/C33H37FN4O2/c1-22(2)30(37(20-8-19-35)32(39)27-13-11-23(3)12-14-27)31-36-24(4)29(26-15-17-28(34)18-16-26)33(40)38(31)21-25-9-6-5-7-10-25/h5-7,9-18,22,30H,8,19-21,35H2,1-4H3. The fourth-order valence-electron chi connectivity index (χ4n) is 5.06. The average Bonchev–Trinajstić information content (AvgIpc) is 2.94. The predicted octanol–water partition coefficient (Wildman–Crippen LogP) is 5.90. The van der Waals surface area contributed by atoms with Gasteiger partial charge in [-0.25, -0.2) is 9.37 Å². The first kappa shape index (κ1) is 28.9. The second-order valence-corrected chi connectivity index (χ2v) is 10.5. The highest BCUT2D eigenvalue weighted by atomic mass is 19.1. The van der Waals surface area contributed by atoms with E-state index in [1.54, 1.807) is 23.6 Å². The normalized spacial score (nSPS) is 12.0. The summed E-state index contributed by atoms with van der Waals surface area (Å²) in [4.78, 5) is 35.0. The molecule has 0 aliphatic rings. The molecule has 1 amide bonds. The van der Waals surface area contributed by atoms with Crippen molar-refractivity contribution < 1.29 is 9.18 Å². The van der Waals surface area contributed by atoms with Gasteiger partial charge in [0, 0.05) is 12.1 Å². The lowest BCUT2D eigenvalue weighted by Crippen LogP contribution is -2.42. The monoisotopic (exact) mass is 540 g/mol. The first-order valence-corrected chi connectivity index (χ1v) is 13.7. The van der Waals surface area contributed by atoms with E-state index < -0.39 is 6.04 Å². The first-order valence-electron chi connectivity index (χ1n) is 13.7. The van der Waals surface area contributed by atoms with E-state index in [0.29, 0.717) is 47.7 Å². The van der Waals surface area contributed by atoms with Crippen LogP contribution in [0, 0.1) is 25.6 Å². The molecular weight excluding hydrogens is 503 g/mol. The van der Waals surface area contributed by atoms with Gasteiger partial charge < -0.3 is 10.6 Å². The minimum atomic E-state index is -0.488. The first-order chi connectivity index (χ1) is 19.2. The number of hydrogen-bond acceptors (Lipinski definition) is 4. The van der Waals surface area contributed by atoms with E-state index in [0.717, 1.165) is 11.1 Å². The van der Waals surface area contributed by atoms with Crippen molar-refractivity contribution in [1.29, 1.82) is 0 Å². The van der Waals surface area contributed by atoms with Gasteiger partial charge in [-0.2, -0.15) is 0 Å². The van der Waals surface area contributed by atoms with Crippen molar-refractivity contribution in [3.8, 4) is 11.1 Å². The van der Waals surface area contributed by atoms with Gasteiger partial charge in [0.1, 0.15) is 11.6 Å². The Bertz CT molecular complexity index is 1500. The number of hydrogen-bond donors (Lipinski definition) is 1. The van der Waals surface area contributed by atoms with E-state index in [2.05, 4.69) is 0 Å². The van der Waals surface area contributed by atoms with E-state index in [9.17, 15) is 14.0 Å². The summed E-state index contributed by atoms with van der Waals surface area (Å²) in [6, 6.07) is 22.6. The van der Waals surface area contributed by atoms with E-state index in [-0.39, 0.29) is 29.7 Å². The van der Waals surface area contributed by atoms with Crippen LogP contribution < -0.4 is 11.3 Å². The van der Waals surface area contributed by atoms with Crippen molar-refractivity contribution in [2.24, 2.45) is 11.7 Å². The Kier molecular flexibility index (Phi) is 9.27. The Morgan fingerprint density at radius 3 is 2.23 bits per heavy atom. The number of amides is 1. The van der Waals surface area contributed by atoms with Gasteiger partial charge in [-0.1, -0.05) is 74.0 Å². The fourth-order valence-corrected chi connectivity index (χ4v) is 5.06. The number of aromatic nitrogens is 2. The summed E-state index contributed by atoms with van der Waals surface area (Å²) in [5.74, 6) is -0.0459. The lowest BCUT2D eigenvalue weighted by Gasteiger charge is -2.36. The Morgan fingerprint density at radius 1 is 0.975 bits per heavy atom. The maximum atomic E-state index is 14.2. The molecule has 1 atom stereocenters. The molecule has 4 aromatic rings. The number of halogens is 1. The second-order valence-electron chi connectivity index (χ2n) is 10.5. The molecule has 0 spiro atoms. The van der Waals surface area contributed by atoms with Crippen LogP contribution in [0.3, 0.4) is 0 Å². The molecule has 0 fully saturated rings. The summed E-state index contributed by atoms with van der Waals surface area (Å²) in [6.07, 6.45) is 0.608. The third-order valence-electron chi connectivity index (χ3n) is 7.09. The maximum absolute atomic E-state index is 14.2. The van der Waals surface area contributed by atoms with Crippen molar-refractivity contribution in [2.45, 2.75) is 46.7 Å². The van der Waals surface area contributed by atoms with Gasteiger partial charge in [0.25, 0.3) is 11.5 Å². The van der Waals surface area contributed by atoms with Crippen LogP contribution >= 0.6 is 0 Å². The number of aryl methyl sites for hydroxylation is 2. The number of carbonyl (C=O) groups excluding carboxylic acids is 1. The van der Waals surface area contributed by atoms with E-state index in [1.807, 2.05) is 80.3 Å². The number of benzene rings is 3. The highest BCUT2D eigenvalue weighted by molar-refractivity contribution is 5.94. The van der Waals surface area contributed by atoms with Gasteiger partial charge in [-0.05, 0) is 68.1 Å². The summed E-state index contributed by atoms with van der Waals surface area (Å²) < 4.78 is 15.4. The van der Waals surface area contributed by atoms with Crippen LogP contribution in [-0.2, 0) is 6.54 Å². The third kappa shape index (κ3) is 6.37. The van der Waals surface area contributed by atoms with Crippen LogP contribution in [0.5, 0.6) is 0 Å². The number of nitrogens with two attached hydrogens (primary N) is 1. The van der Waals surface area contributed by atoms with Crippen LogP contribution in [0.15, 0.2) is 83.7 Å². The molecule has 1 heterocycles. The fraction of sp³-hybridized carbons (Fsp3) is 0.303. The Labute approximate surface area is 235 Å². The zero-order valence-corrected chi connectivity index (χ0v) is 23.6. The summed E-state index contributed by atoms with van der Waals surface area (Å²) in [6.45, 7) is 8.97. The molecule has 40 heavy (non-hydrogen) atoms. The number of rotatable bonds is 10. The highest BCUT2D eigenvalue weighted by Crippen LogP contribution is 2.31. The van der Waals surface area contributed by atoms with Crippen molar-refractivity contribution >= 4 is 5.91 Å². The summed E-state index contributed by atoms with van der Waals surface area (Å²) in [5, 5.41) is 0. The van der Waals surface area contributed by atoms with Gasteiger partial charge in [-0.15, -0.1) is 0 Å². The zero-order chi connectivity index (χ0) is 28.8. The minimum absolute atomic E-state index is 0.0582. The van der Waals surface area contributed by atoms with E-state index in [4.69, 9.17) is 10.7 Å². The van der Waals surface area contributed by atoms with E-state index in [1.165, 1.54) is 12.1 Å². The molecule has 0 bridgehead atoms. The predicted molar refractivity (Wildman–Crippen MR) is 158 cm³/mol. The van der Waals surface area contributed by atoms with Crippen molar-refractivity contribution in [3.05, 3.63) is 123 Å². The molecule has 0 aliphatic heterocycles. The highest BCUT2D eigenvalue weighted by Gasteiger charge is 2.33. The molecule has 6 nitrogen and oxygen atoms in total. The number of nitrogens with zero attached hydrogens (tertiary/aromatic N) is 3. The zero-order valence-electron chi connectivity index (χ0n) is 23.6. The van der Waals surface area contributed by atoms with E-state index >= 15 is 0 Å². The van der Waals surface area contributed by atoms with Crippen LogP contribution in [0.25, 0.3) is 11.1 Å². The average molecular weight is 541 g/mol. The quantitative estimate of drug-likeness (QED) is 0.271. The van der Waals surface area contributed by atoms with Crippen molar-refractivity contribution in [1.82, 2.24) is 14.5 Å². The van der Waals surface area contributed by atoms with Crippen LogP contribution in [0.1, 0.15) is 59.3 Å². The molecule has 1 aromatic heterocycles. The minimum Gasteiger partial charge on any atom is -0.330 e. The molecule has 0 radical (unpaired) electrons. The van der Waals surface area contributed by atoms with Crippen molar-refractivity contribution in [2.75, 3.05) is 13.1 Å². The molecule has 7 heteroatoms. The van der Waals surface area contributed by atoms with Crippen LogP contribution in [0.4, 0.5) is 4.39 Å². The lowest BCUT2D eigenvalue weighted by atomic mass is 9.97. The van der Waals surface area contributed by atoms with Gasteiger partial charge in [-0.3, -0.25) is 14.2 Å². The van der Waals surface area contributed by atoms with Crippen LogP contribution in [-0.4, -0.2) is 33.4 Å². The molecule has 0 saturated heterocycles. The molecule has 0 saturated carbocycles. The molecule has 2 N–H and O–H groups in total. The number of carbonyl (C=O) groups is 1. The van der Waals surface area contributed by atoms with Crippen molar-refractivity contribution in [3.63, 3.8) is 0 Å². The smallest absolute Gasteiger partial charge is 0.262 e. The van der Waals surface area contributed by atoms with Gasteiger partial charge >= 0.3 is 0 Å². The second kappa shape index (κ2) is 12.8. The topological polar surface area (TPSA) is 81.2 Å². The Hall–Kier alpha value is -4.10. The van der Waals surface area contributed by atoms with Gasteiger partial charge in [0.05, 0.1) is 23.8 Å². The van der Waals surface area contributed by atoms with Gasteiger partial charge in [0.15, 0.2) is 0 Å². The molecule has 0 aliphatic carbocycles. The molecule has 4 rings (SSSR count). The summed E-state index contributed by atoms with van der Waals surface area (Å²) >= 11 is 0. The SMILES string of the molecule is Cc1ccc(C(=O)N(CCCN)C(c2nc(C)c(-c3ccc(F)cc3)c(=O)n2Cc2ccccc2)C(C)C)cc1. The Balaban J connectivity index is 1.93. The molecule has 3 aromatic carbocycles. The lowest BCUT2D eigenvalue weighted by molar-refractivity contribution is 0.0602. The summed E-state index contributed by atoms with van der Waals surface area (Å²) in [5.41, 5.74) is 9.78. The van der Waals surface area contributed by atoms with Crippen LogP contribution in [0.2, 0.25) is 0 Å². The molecule has 208 valence electrons. The molecule has 1 unspecified atom stereocenters. The maximum Gasteiger partial charge on any atom is 0.262 e.